The molecule has 2 rings (SSSR count). The van der Waals surface area contributed by atoms with Gasteiger partial charge in [0.05, 0.1) is 0 Å². The Morgan fingerprint density at radius 1 is 1.53 bits per heavy atom. The molecule has 2 fully saturated rings. The molecule has 1 aliphatic heterocycles. The van der Waals surface area contributed by atoms with Crippen LogP contribution in [0, 0.1) is 12.3 Å². The van der Waals surface area contributed by atoms with Crippen LogP contribution in [0.15, 0.2) is 23.8 Å². The van der Waals surface area contributed by atoms with Gasteiger partial charge in [-0.1, -0.05) is 24.5 Å². The zero-order valence-electron chi connectivity index (χ0n) is 12.0. The SMILES string of the molecule is C#C/C=C(\C=C/C)C1(N2CCC2C)CCCCC1=O. The molecular formula is C17H23NO. The molecule has 102 valence electrons. The quantitative estimate of drug-likeness (QED) is 0.572. The maximum Gasteiger partial charge on any atom is 0.157 e. The summed E-state index contributed by atoms with van der Waals surface area (Å²) in [6, 6.07) is 0.480. The molecule has 0 aromatic heterocycles. The molecule has 0 aromatic rings. The summed E-state index contributed by atoms with van der Waals surface area (Å²) in [7, 11) is 0. The number of allylic oxidation sites excluding steroid dienone is 2. The van der Waals surface area contributed by atoms with Crippen molar-refractivity contribution in [3.8, 4) is 12.3 Å². The molecule has 0 amide bonds. The molecule has 0 aromatic carbocycles. The largest absolute Gasteiger partial charge is 0.297 e. The summed E-state index contributed by atoms with van der Waals surface area (Å²) < 4.78 is 0. The van der Waals surface area contributed by atoms with Crippen LogP contribution >= 0.6 is 0 Å². The van der Waals surface area contributed by atoms with Crippen molar-refractivity contribution in [1.82, 2.24) is 4.90 Å². The summed E-state index contributed by atoms with van der Waals surface area (Å²) in [5, 5.41) is 0. The van der Waals surface area contributed by atoms with E-state index in [9.17, 15) is 4.79 Å². The van der Waals surface area contributed by atoms with E-state index in [2.05, 4.69) is 17.7 Å². The van der Waals surface area contributed by atoms with E-state index >= 15 is 0 Å². The van der Waals surface area contributed by atoms with Crippen molar-refractivity contribution in [2.24, 2.45) is 0 Å². The summed E-state index contributed by atoms with van der Waals surface area (Å²) in [5.41, 5.74) is 0.558. The van der Waals surface area contributed by atoms with Gasteiger partial charge in [0.2, 0.25) is 0 Å². The number of rotatable bonds is 3. The average Bonchev–Trinajstić information content (AvgIpc) is 2.39. The number of carbonyl (C=O) groups excluding carboxylic acids is 1. The average molecular weight is 257 g/mol. The van der Waals surface area contributed by atoms with Gasteiger partial charge in [-0.05, 0) is 44.8 Å². The van der Waals surface area contributed by atoms with Crippen molar-refractivity contribution < 1.29 is 4.79 Å². The molecule has 1 saturated heterocycles. The van der Waals surface area contributed by atoms with E-state index in [0.717, 1.165) is 31.4 Å². The van der Waals surface area contributed by atoms with E-state index in [1.54, 1.807) is 6.08 Å². The van der Waals surface area contributed by atoms with E-state index in [-0.39, 0.29) is 0 Å². The standard InChI is InChI=1S/C17H23NO/c1-4-8-15(9-5-2)17(18-13-11-14(18)3)12-7-6-10-16(17)19/h1,5,8-9,14H,6-7,10-13H2,2-3H3/b9-5-,15-8+. The normalized spacial score (nSPS) is 33.2. The van der Waals surface area contributed by atoms with Crippen LogP contribution in [0.4, 0.5) is 0 Å². The minimum atomic E-state index is -0.450. The Bertz CT molecular complexity index is 454. The summed E-state index contributed by atoms with van der Waals surface area (Å²) in [4.78, 5) is 15.1. The van der Waals surface area contributed by atoms with Gasteiger partial charge in [-0.25, -0.2) is 0 Å². The van der Waals surface area contributed by atoms with E-state index in [4.69, 9.17) is 6.42 Å². The lowest BCUT2D eigenvalue weighted by molar-refractivity contribution is -0.137. The first-order valence-corrected chi connectivity index (χ1v) is 7.26. The Kier molecular flexibility index (Phi) is 4.27. The molecule has 2 atom stereocenters. The Morgan fingerprint density at radius 3 is 2.79 bits per heavy atom. The van der Waals surface area contributed by atoms with E-state index in [1.807, 2.05) is 19.1 Å². The molecule has 2 nitrogen and oxygen atoms in total. The summed E-state index contributed by atoms with van der Waals surface area (Å²) >= 11 is 0. The van der Waals surface area contributed by atoms with E-state index in [0.29, 0.717) is 18.2 Å². The highest BCUT2D eigenvalue weighted by molar-refractivity contribution is 5.93. The number of nitrogens with zero attached hydrogens (tertiary/aromatic N) is 1. The molecule has 0 radical (unpaired) electrons. The Balaban J connectivity index is 2.46. The number of terminal acetylenes is 1. The van der Waals surface area contributed by atoms with Crippen LogP contribution in [0.25, 0.3) is 0 Å². The van der Waals surface area contributed by atoms with Crippen LogP contribution in [0.2, 0.25) is 0 Å². The first-order chi connectivity index (χ1) is 9.16. The number of Topliss-reactive ketones (excluding diaryl/α,β-unsaturated/α-hetero) is 1. The molecule has 0 N–H and O–H groups in total. The minimum absolute atomic E-state index is 0.352. The molecule has 2 heteroatoms. The Hall–Kier alpha value is -1.33. The first kappa shape index (κ1) is 14.1. The van der Waals surface area contributed by atoms with Crippen molar-refractivity contribution >= 4 is 5.78 Å². The minimum Gasteiger partial charge on any atom is -0.297 e. The van der Waals surface area contributed by atoms with Gasteiger partial charge in [0.15, 0.2) is 5.78 Å². The van der Waals surface area contributed by atoms with Gasteiger partial charge in [0.25, 0.3) is 0 Å². The molecular weight excluding hydrogens is 234 g/mol. The third kappa shape index (κ3) is 2.28. The monoisotopic (exact) mass is 257 g/mol. The van der Waals surface area contributed by atoms with Crippen LogP contribution in [0.5, 0.6) is 0 Å². The summed E-state index contributed by atoms with van der Waals surface area (Å²) in [5.74, 6) is 2.97. The number of carbonyl (C=O) groups is 1. The van der Waals surface area contributed by atoms with Crippen LogP contribution < -0.4 is 0 Å². The highest BCUT2D eigenvalue weighted by Crippen LogP contribution is 2.42. The molecule has 19 heavy (non-hydrogen) atoms. The fourth-order valence-corrected chi connectivity index (χ4v) is 3.45. The van der Waals surface area contributed by atoms with E-state index < -0.39 is 5.54 Å². The van der Waals surface area contributed by atoms with Gasteiger partial charge in [0.1, 0.15) is 5.54 Å². The Labute approximate surface area is 116 Å². The summed E-state index contributed by atoms with van der Waals surface area (Å²) in [6.07, 6.45) is 16.2. The van der Waals surface area contributed by atoms with Gasteiger partial charge < -0.3 is 0 Å². The summed E-state index contributed by atoms with van der Waals surface area (Å²) in [6.45, 7) is 5.19. The topological polar surface area (TPSA) is 20.3 Å². The third-order valence-electron chi connectivity index (χ3n) is 4.53. The second-order valence-electron chi connectivity index (χ2n) is 5.59. The highest BCUT2D eigenvalue weighted by Gasteiger charge is 2.50. The van der Waals surface area contributed by atoms with Crippen molar-refractivity contribution in [3.05, 3.63) is 23.8 Å². The maximum atomic E-state index is 12.7. The van der Waals surface area contributed by atoms with Crippen molar-refractivity contribution in [3.63, 3.8) is 0 Å². The fourth-order valence-electron chi connectivity index (χ4n) is 3.45. The number of hydrogen-bond acceptors (Lipinski definition) is 2. The third-order valence-corrected chi connectivity index (χ3v) is 4.53. The zero-order chi connectivity index (χ0) is 13.9. The predicted molar refractivity (Wildman–Crippen MR) is 78.7 cm³/mol. The van der Waals surface area contributed by atoms with Crippen molar-refractivity contribution in [2.45, 2.75) is 57.5 Å². The zero-order valence-corrected chi connectivity index (χ0v) is 12.0. The second kappa shape index (κ2) is 5.75. The molecule has 2 aliphatic rings. The Morgan fingerprint density at radius 2 is 2.32 bits per heavy atom. The van der Waals surface area contributed by atoms with Gasteiger partial charge in [-0.15, -0.1) is 6.42 Å². The van der Waals surface area contributed by atoms with Crippen LogP contribution in [-0.2, 0) is 4.79 Å². The number of hydrogen-bond donors (Lipinski definition) is 0. The second-order valence-corrected chi connectivity index (χ2v) is 5.59. The molecule has 2 unspecified atom stereocenters. The van der Waals surface area contributed by atoms with E-state index in [1.165, 1.54) is 6.42 Å². The van der Waals surface area contributed by atoms with Crippen LogP contribution in [0.1, 0.15) is 46.0 Å². The number of likely N-dealkylation sites (tertiary alicyclic amines) is 1. The van der Waals surface area contributed by atoms with Crippen LogP contribution in [-0.4, -0.2) is 28.8 Å². The first-order valence-electron chi connectivity index (χ1n) is 7.26. The van der Waals surface area contributed by atoms with Gasteiger partial charge >= 0.3 is 0 Å². The smallest absolute Gasteiger partial charge is 0.157 e. The lowest BCUT2D eigenvalue weighted by atomic mass is 9.71. The molecule has 0 bridgehead atoms. The molecule has 1 saturated carbocycles. The lowest BCUT2D eigenvalue weighted by Gasteiger charge is -2.54. The molecule has 1 heterocycles. The van der Waals surface area contributed by atoms with Gasteiger partial charge in [-0.2, -0.15) is 0 Å². The van der Waals surface area contributed by atoms with Crippen molar-refractivity contribution in [2.75, 3.05) is 6.54 Å². The number of ketones is 1. The lowest BCUT2D eigenvalue weighted by Crippen LogP contribution is -2.65. The fraction of sp³-hybridized carbons (Fsp3) is 0.588. The van der Waals surface area contributed by atoms with Gasteiger partial charge in [0, 0.05) is 19.0 Å². The molecule has 1 aliphatic carbocycles. The highest BCUT2D eigenvalue weighted by atomic mass is 16.1. The molecule has 0 spiro atoms. The predicted octanol–water partition coefficient (Wildman–Crippen LogP) is 3.10. The van der Waals surface area contributed by atoms with Crippen molar-refractivity contribution in [1.29, 1.82) is 0 Å². The van der Waals surface area contributed by atoms with Crippen LogP contribution in [0.3, 0.4) is 0 Å². The maximum absolute atomic E-state index is 12.7. The van der Waals surface area contributed by atoms with Gasteiger partial charge in [-0.3, -0.25) is 9.69 Å².